The average molecular weight is 450 g/mol. The monoisotopic (exact) mass is 449 g/mol. The number of carboxylic acids is 1. The van der Waals surface area contributed by atoms with E-state index in [9.17, 15) is 14.7 Å². The molecule has 0 spiro atoms. The van der Waals surface area contributed by atoms with Gasteiger partial charge in [0.05, 0.1) is 11.6 Å². The number of rotatable bonds is 6. The number of thiazole rings is 1. The number of nitrogens with zero attached hydrogens (tertiary/aromatic N) is 3. The molecule has 1 N–H and O–H groups in total. The number of piperidine rings is 1. The zero-order valence-corrected chi connectivity index (χ0v) is 19.1. The Morgan fingerprint density at radius 2 is 1.94 bits per heavy atom. The maximum Gasteiger partial charge on any atom is 0.307 e. The van der Waals surface area contributed by atoms with Crippen molar-refractivity contribution >= 4 is 23.2 Å². The lowest BCUT2D eigenvalue weighted by molar-refractivity contribution is -0.146. The van der Waals surface area contributed by atoms with Gasteiger partial charge in [-0.25, -0.2) is 4.98 Å². The smallest absolute Gasteiger partial charge is 0.307 e. The highest BCUT2D eigenvalue weighted by Gasteiger charge is 2.36. The van der Waals surface area contributed by atoms with Gasteiger partial charge in [-0.1, -0.05) is 30.3 Å². The summed E-state index contributed by atoms with van der Waals surface area (Å²) in [4.78, 5) is 36.7. The van der Waals surface area contributed by atoms with Crippen molar-refractivity contribution in [3.05, 3.63) is 70.5 Å². The summed E-state index contributed by atoms with van der Waals surface area (Å²) in [6.45, 7) is 4.86. The van der Waals surface area contributed by atoms with Gasteiger partial charge in [0, 0.05) is 47.8 Å². The second kappa shape index (κ2) is 9.61. The van der Waals surface area contributed by atoms with Crippen molar-refractivity contribution in [2.24, 2.45) is 5.92 Å². The van der Waals surface area contributed by atoms with Gasteiger partial charge in [0.1, 0.15) is 5.01 Å². The molecule has 1 aliphatic rings. The summed E-state index contributed by atoms with van der Waals surface area (Å²) in [5.41, 5.74) is 3.88. The Labute approximate surface area is 192 Å². The van der Waals surface area contributed by atoms with Crippen molar-refractivity contribution in [2.75, 3.05) is 13.1 Å². The molecule has 0 radical (unpaired) electrons. The molecule has 1 fully saturated rings. The fourth-order valence-electron chi connectivity index (χ4n) is 4.27. The van der Waals surface area contributed by atoms with Gasteiger partial charge in [0.15, 0.2) is 0 Å². The molecule has 0 bridgehead atoms. The van der Waals surface area contributed by atoms with Gasteiger partial charge < -0.3 is 10.0 Å². The van der Waals surface area contributed by atoms with Gasteiger partial charge in [0.2, 0.25) is 5.91 Å². The molecular formula is C25H27N3O3S. The lowest BCUT2D eigenvalue weighted by Gasteiger charge is -2.37. The minimum atomic E-state index is -0.788. The van der Waals surface area contributed by atoms with Crippen molar-refractivity contribution in [3.8, 4) is 10.6 Å². The first-order chi connectivity index (χ1) is 15.4. The Balaban J connectivity index is 1.42. The number of likely N-dealkylation sites (tertiary alicyclic amines) is 1. The molecule has 4 rings (SSSR count). The Bertz CT molecular complexity index is 1100. The van der Waals surface area contributed by atoms with Crippen molar-refractivity contribution < 1.29 is 14.7 Å². The molecular weight excluding hydrogens is 422 g/mol. The van der Waals surface area contributed by atoms with E-state index in [0.29, 0.717) is 32.4 Å². The number of amides is 1. The van der Waals surface area contributed by atoms with E-state index in [4.69, 9.17) is 0 Å². The molecule has 1 aliphatic heterocycles. The lowest BCUT2D eigenvalue weighted by Crippen LogP contribution is -2.45. The number of carbonyl (C=O) groups excluding carboxylic acids is 1. The van der Waals surface area contributed by atoms with Crippen LogP contribution in [0.2, 0.25) is 0 Å². The maximum atomic E-state index is 13.0. The van der Waals surface area contributed by atoms with Crippen LogP contribution in [-0.2, 0) is 16.0 Å². The molecule has 3 heterocycles. The summed E-state index contributed by atoms with van der Waals surface area (Å²) < 4.78 is 0. The summed E-state index contributed by atoms with van der Waals surface area (Å²) in [5, 5.41) is 10.6. The van der Waals surface area contributed by atoms with Gasteiger partial charge in [-0.05, 0) is 44.4 Å². The molecule has 1 saturated heterocycles. The van der Waals surface area contributed by atoms with Crippen molar-refractivity contribution in [3.63, 3.8) is 0 Å². The summed E-state index contributed by atoms with van der Waals surface area (Å²) in [5.74, 6) is -1.36. The van der Waals surface area contributed by atoms with E-state index >= 15 is 0 Å². The van der Waals surface area contributed by atoms with Crippen molar-refractivity contribution in [1.29, 1.82) is 0 Å². The van der Waals surface area contributed by atoms with Crippen LogP contribution in [0.25, 0.3) is 10.6 Å². The molecule has 2 atom stereocenters. The average Bonchev–Trinajstić information content (AvgIpc) is 3.18. The molecule has 1 aromatic carbocycles. The second-order valence-corrected chi connectivity index (χ2v) is 9.39. The van der Waals surface area contributed by atoms with Crippen molar-refractivity contribution in [2.45, 2.75) is 39.0 Å². The highest BCUT2D eigenvalue weighted by Crippen LogP contribution is 2.33. The van der Waals surface area contributed by atoms with Crippen LogP contribution in [0, 0.1) is 19.8 Å². The highest BCUT2D eigenvalue weighted by atomic mass is 32.1. The number of pyridine rings is 1. The Morgan fingerprint density at radius 3 is 2.62 bits per heavy atom. The van der Waals surface area contributed by atoms with E-state index in [-0.39, 0.29) is 11.8 Å². The molecule has 166 valence electrons. The van der Waals surface area contributed by atoms with Crippen molar-refractivity contribution in [1.82, 2.24) is 14.9 Å². The first kappa shape index (κ1) is 22.1. The quantitative estimate of drug-likeness (QED) is 0.600. The topological polar surface area (TPSA) is 83.4 Å². The van der Waals surface area contributed by atoms with Crippen LogP contribution < -0.4 is 0 Å². The number of carboxylic acid groups (broad SMARTS) is 1. The predicted molar refractivity (Wildman–Crippen MR) is 125 cm³/mol. The zero-order chi connectivity index (χ0) is 22.7. The number of benzene rings is 1. The molecule has 7 heteroatoms. The summed E-state index contributed by atoms with van der Waals surface area (Å²) >= 11 is 1.61. The highest BCUT2D eigenvalue weighted by molar-refractivity contribution is 7.15. The molecule has 2 aromatic heterocycles. The first-order valence-corrected chi connectivity index (χ1v) is 11.7. The number of aromatic nitrogens is 2. The number of hydrogen-bond acceptors (Lipinski definition) is 5. The molecule has 6 nitrogen and oxygen atoms in total. The van der Waals surface area contributed by atoms with E-state index in [2.05, 4.69) is 9.97 Å². The normalized spacial score (nSPS) is 18.5. The van der Waals surface area contributed by atoms with Crippen LogP contribution in [0.5, 0.6) is 0 Å². The van der Waals surface area contributed by atoms with Crippen LogP contribution in [0.1, 0.15) is 40.6 Å². The molecule has 32 heavy (non-hydrogen) atoms. The van der Waals surface area contributed by atoms with E-state index in [1.807, 2.05) is 67.4 Å². The lowest BCUT2D eigenvalue weighted by atomic mass is 9.80. The predicted octanol–water partition coefficient (Wildman–Crippen LogP) is 4.47. The Morgan fingerprint density at radius 1 is 1.16 bits per heavy atom. The van der Waals surface area contributed by atoms with Gasteiger partial charge in [-0.3, -0.25) is 14.6 Å². The Kier molecular flexibility index (Phi) is 6.65. The van der Waals surface area contributed by atoms with Crippen LogP contribution in [0.15, 0.2) is 48.7 Å². The third kappa shape index (κ3) is 4.88. The standard InChI is InChI=1S/C25H27N3O3S/c1-16-8-9-19(14-26-16)24-27-17(2)22(32-24)10-11-23(29)28-13-12-20(25(30)31)21(15-28)18-6-4-3-5-7-18/h3-9,14,20-21H,10-13,15H2,1-2H3,(H,30,31)/t20-,21+/m1/s1. The van der Waals surface area contributed by atoms with Gasteiger partial charge in [-0.2, -0.15) is 0 Å². The van der Waals surface area contributed by atoms with E-state index in [0.717, 1.165) is 32.4 Å². The van der Waals surface area contributed by atoms with E-state index < -0.39 is 11.9 Å². The summed E-state index contributed by atoms with van der Waals surface area (Å²) in [6.07, 6.45) is 3.34. The minimum absolute atomic E-state index is 0.0705. The number of aryl methyl sites for hydroxylation is 3. The molecule has 1 amide bonds. The van der Waals surface area contributed by atoms with Gasteiger partial charge >= 0.3 is 5.97 Å². The zero-order valence-electron chi connectivity index (χ0n) is 18.3. The largest absolute Gasteiger partial charge is 0.481 e. The third-order valence-corrected chi connectivity index (χ3v) is 7.39. The fraction of sp³-hybridized carbons (Fsp3) is 0.360. The van der Waals surface area contributed by atoms with Gasteiger partial charge in [0.25, 0.3) is 0 Å². The second-order valence-electron chi connectivity index (χ2n) is 8.31. The van der Waals surface area contributed by atoms with Crippen LogP contribution >= 0.6 is 11.3 Å². The number of hydrogen-bond donors (Lipinski definition) is 1. The molecule has 3 aromatic rings. The van der Waals surface area contributed by atoms with Crippen LogP contribution in [-0.4, -0.2) is 44.9 Å². The molecule has 0 unspecified atom stereocenters. The molecule has 0 aliphatic carbocycles. The third-order valence-electron chi connectivity index (χ3n) is 6.13. The van der Waals surface area contributed by atoms with E-state index in [1.54, 1.807) is 11.3 Å². The van der Waals surface area contributed by atoms with E-state index in [1.165, 1.54) is 0 Å². The number of carbonyl (C=O) groups is 2. The minimum Gasteiger partial charge on any atom is -0.481 e. The summed E-state index contributed by atoms with van der Waals surface area (Å²) in [6, 6.07) is 13.7. The Hall–Kier alpha value is -3.06. The number of aliphatic carboxylic acids is 1. The first-order valence-electron chi connectivity index (χ1n) is 10.9. The maximum absolute atomic E-state index is 13.0. The summed E-state index contributed by atoms with van der Waals surface area (Å²) in [7, 11) is 0. The molecule has 0 saturated carbocycles. The van der Waals surface area contributed by atoms with Gasteiger partial charge in [-0.15, -0.1) is 11.3 Å². The SMILES string of the molecule is Cc1ccc(-c2nc(C)c(CCC(=O)N3CC[C@@H](C(=O)O)[C@H](c4ccccc4)C3)s2)cn1. The van der Waals surface area contributed by atoms with Crippen LogP contribution in [0.4, 0.5) is 0 Å². The van der Waals surface area contributed by atoms with Crippen LogP contribution in [0.3, 0.4) is 0 Å². The fourth-order valence-corrected chi connectivity index (χ4v) is 5.32.